The highest BCUT2D eigenvalue weighted by Crippen LogP contribution is 2.31. The number of aromatic nitrogens is 4. The van der Waals surface area contributed by atoms with Crippen LogP contribution in [0.3, 0.4) is 0 Å². The second kappa shape index (κ2) is 4.20. The molecule has 1 unspecified atom stereocenters. The van der Waals surface area contributed by atoms with Crippen LogP contribution < -0.4 is 5.32 Å². The first-order valence-corrected chi connectivity index (χ1v) is 6.74. The molecule has 0 fully saturated rings. The van der Waals surface area contributed by atoms with Gasteiger partial charge in [-0.3, -0.25) is 9.36 Å². The Kier molecular flexibility index (Phi) is 2.74. The molecule has 0 aromatic carbocycles. The summed E-state index contributed by atoms with van der Waals surface area (Å²) in [6.45, 7) is 8.40. The Bertz CT molecular complexity index is 587. The molecule has 102 valence electrons. The van der Waals surface area contributed by atoms with E-state index >= 15 is 0 Å². The van der Waals surface area contributed by atoms with Crippen LogP contribution in [-0.4, -0.2) is 26.1 Å². The molecule has 1 N–H and O–H groups in total. The van der Waals surface area contributed by atoms with Crippen LogP contribution in [0, 0.1) is 0 Å². The lowest BCUT2D eigenvalue weighted by Gasteiger charge is -2.28. The first-order chi connectivity index (χ1) is 8.98. The Morgan fingerprint density at radius 3 is 2.74 bits per heavy atom. The summed E-state index contributed by atoms with van der Waals surface area (Å²) in [6, 6.07) is 2.09. The first-order valence-electron chi connectivity index (χ1n) is 6.74. The summed E-state index contributed by atoms with van der Waals surface area (Å²) in [5.74, 6) is 0.340. The third-order valence-corrected chi connectivity index (χ3v) is 3.77. The fourth-order valence-corrected chi connectivity index (χ4v) is 2.87. The largest absolute Gasteiger partial charge is 0.310 e. The van der Waals surface area contributed by atoms with Crippen molar-refractivity contribution < 1.29 is 0 Å². The van der Waals surface area contributed by atoms with Crippen molar-refractivity contribution in [2.75, 3.05) is 6.54 Å². The van der Waals surface area contributed by atoms with E-state index in [1.807, 2.05) is 24.1 Å². The molecule has 1 aliphatic rings. The zero-order valence-corrected chi connectivity index (χ0v) is 12.0. The number of nitrogens with one attached hydrogen (secondary N) is 1. The number of hydrogen-bond donors (Lipinski definition) is 1. The van der Waals surface area contributed by atoms with E-state index in [1.165, 1.54) is 17.0 Å². The van der Waals surface area contributed by atoms with Crippen LogP contribution in [-0.2, 0) is 19.1 Å². The maximum Gasteiger partial charge on any atom is 0.0567 e. The lowest BCUT2D eigenvalue weighted by Crippen LogP contribution is -2.34. The topological polar surface area (TPSA) is 47.7 Å². The van der Waals surface area contributed by atoms with E-state index in [2.05, 4.69) is 47.0 Å². The third kappa shape index (κ3) is 1.98. The van der Waals surface area contributed by atoms with Gasteiger partial charge in [0.2, 0.25) is 0 Å². The highest BCUT2D eigenvalue weighted by atomic mass is 15.3. The molecule has 3 heterocycles. The van der Waals surface area contributed by atoms with E-state index in [0.717, 1.165) is 13.1 Å². The predicted molar refractivity (Wildman–Crippen MR) is 74.0 cm³/mol. The van der Waals surface area contributed by atoms with Gasteiger partial charge in [0.15, 0.2) is 0 Å². The van der Waals surface area contributed by atoms with Crippen molar-refractivity contribution in [2.24, 2.45) is 7.05 Å². The average Bonchev–Trinajstić information content (AvgIpc) is 2.93. The third-order valence-electron chi connectivity index (χ3n) is 3.77. The fraction of sp³-hybridized carbons (Fsp3) is 0.571. The lowest BCUT2D eigenvalue weighted by atomic mass is 9.92. The molecule has 2 aromatic heterocycles. The van der Waals surface area contributed by atoms with Crippen molar-refractivity contribution in [2.45, 2.75) is 38.8 Å². The molecule has 2 aromatic rings. The van der Waals surface area contributed by atoms with Gasteiger partial charge in [0.1, 0.15) is 0 Å². The van der Waals surface area contributed by atoms with Gasteiger partial charge < -0.3 is 5.32 Å². The summed E-state index contributed by atoms with van der Waals surface area (Å²) in [7, 11) is 2.00. The van der Waals surface area contributed by atoms with Gasteiger partial charge in [-0.25, -0.2) is 0 Å². The highest BCUT2D eigenvalue weighted by Gasteiger charge is 2.29. The second-order valence-corrected chi connectivity index (χ2v) is 6.19. The normalized spacial score (nSPS) is 19.5. The van der Waals surface area contributed by atoms with Crippen LogP contribution in [0.1, 0.15) is 43.6 Å². The van der Waals surface area contributed by atoms with Crippen molar-refractivity contribution in [3.05, 3.63) is 35.4 Å². The van der Waals surface area contributed by atoms with Crippen LogP contribution in [0.25, 0.3) is 0 Å². The van der Waals surface area contributed by atoms with Gasteiger partial charge >= 0.3 is 0 Å². The van der Waals surface area contributed by atoms with Crippen molar-refractivity contribution >= 4 is 0 Å². The molecule has 5 nitrogen and oxygen atoms in total. The molecular formula is C14H21N5. The second-order valence-electron chi connectivity index (χ2n) is 6.19. The van der Waals surface area contributed by atoms with Gasteiger partial charge in [0, 0.05) is 43.5 Å². The summed E-state index contributed by atoms with van der Waals surface area (Å²) in [5, 5.41) is 12.4. The lowest BCUT2D eigenvalue weighted by molar-refractivity contribution is 0.335. The van der Waals surface area contributed by atoms with Gasteiger partial charge in [-0.1, -0.05) is 0 Å². The molecule has 5 heteroatoms. The van der Waals surface area contributed by atoms with E-state index in [-0.39, 0.29) is 5.54 Å². The van der Waals surface area contributed by atoms with Crippen molar-refractivity contribution in [1.29, 1.82) is 0 Å². The Hall–Kier alpha value is -1.62. The van der Waals surface area contributed by atoms with Crippen molar-refractivity contribution in [3.63, 3.8) is 0 Å². The quantitative estimate of drug-likeness (QED) is 0.846. The van der Waals surface area contributed by atoms with E-state index in [0.29, 0.717) is 5.92 Å². The minimum Gasteiger partial charge on any atom is -0.310 e. The predicted octanol–water partition coefficient (Wildman–Crippen LogP) is 1.61. The molecule has 19 heavy (non-hydrogen) atoms. The number of hydrogen-bond acceptors (Lipinski definition) is 3. The fourth-order valence-electron chi connectivity index (χ4n) is 2.87. The van der Waals surface area contributed by atoms with Crippen LogP contribution in [0.2, 0.25) is 0 Å². The number of aryl methyl sites for hydroxylation is 1. The van der Waals surface area contributed by atoms with E-state index in [9.17, 15) is 0 Å². The molecule has 0 spiro atoms. The molecule has 0 bridgehead atoms. The van der Waals surface area contributed by atoms with E-state index < -0.39 is 0 Å². The highest BCUT2D eigenvalue weighted by molar-refractivity contribution is 5.33. The molecule has 0 radical (unpaired) electrons. The maximum atomic E-state index is 4.61. The molecule has 3 rings (SSSR count). The molecule has 0 amide bonds. The van der Waals surface area contributed by atoms with Gasteiger partial charge in [-0.05, 0) is 26.8 Å². The Balaban J connectivity index is 2.07. The number of fused-ring (bicyclic) bond motifs is 1. The van der Waals surface area contributed by atoms with Crippen LogP contribution >= 0.6 is 0 Å². The minimum absolute atomic E-state index is 0.0175. The molecule has 0 saturated heterocycles. The van der Waals surface area contributed by atoms with E-state index in [1.54, 1.807) is 0 Å². The molecule has 1 atom stereocenters. The SMILES string of the molecule is Cn1nccc1C1CNCc2c1cnn2C(C)(C)C. The molecule has 0 aliphatic carbocycles. The van der Waals surface area contributed by atoms with Gasteiger partial charge in [-0.2, -0.15) is 10.2 Å². The molecule has 0 saturated carbocycles. The summed E-state index contributed by atoms with van der Waals surface area (Å²) >= 11 is 0. The monoisotopic (exact) mass is 259 g/mol. The van der Waals surface area contributed by atoms with Crippen LogP contribution in [0.15, 0.2) is 18.5 Å². The Morgan fingerprint density at radius 1 is 1.32 bits per heavy atom. The summed E-state index contributed by atoms with van der Waals surface area (Å²) in [5.41, 5.74) is 3.88. The van der Waals surface area contributed by atoms with E-state index in [4.69, 9.17) is 0 Å². The molecular weight excluding hydrogens is 238 g/mol. The van der Waals surface area contributed by atoms with Crippen LogP contribution in [0.4, 0.5) is 0 Å². The zero-order valence-electron chi connectivity index (χ0n) is 12.0. The Morgan fingerprint density at radius 2 is 2.11 bits per heavy atom. The van der Waals surface area contributed by atoms with Gasteiger partial charge in [-0.15, -0.1) is 0 Å². The zero-order chi connectivity index (χ0) is 13.6. The number of rotatable bonds is 1. The Labute approximate surface area is 113 Å². The van der Waals surface area contributed by atoms with Crippen LogP contribution in [0.5, 0.6) is 0 Å². The molecule has 1 aliphatic heterocycles. The summed E-state index contributed by atoms with van der Waals surface area (Å²) < 4.78 is 4.09. The first kappa shape index (κ1) is 12.4. The standard InChI is InChI=1S/C14H21N5/c1-14(2,3)19-13-9-15-7-10(11(13)8-17-19)12-5-6-16-18(12)4/h5-6,8,10,15H,7,9H2,1-4H3. The smallest absolute Gasteiger partial charge is 0.0567 e. The number of nitrogens with zero attached hydrogens (tertiary/aromatic N) is 4. The van der Waals surface area contributed by atoms with Crippen molar-refractivity contribution in [1.82, 2.24) is 24.9 Å². The maximum absolute atomic E-state index is 4.61. The summed E-state index contributed by atoms with van der Waals surface area (Å²) in [6.07, 6.45) is 3.89. The summed E-state index contributed by atoms with van der Waals surface area (Å²) in [4.78, 5) is 0. The average molecular weight is 259 g/mol. The van der Waals surface area contributed by atoms with Gasteiger partial charge in [0.25, 0.3) is 0 Å². The minimum atomic E-state index is 0.0175. The van der Waals surface area contributed by atoms with Gasteiger partial charge in [0.05, 0.1) is 17.4 Å². The van der Waals surface area contributed by atoms with Crippen molar-refractivity contribution in [3.8, 4) is 0 Å².